The van der Waals surface area contributed by atoms with E-state index in [4.69, 9.17) is 19.2 Å². The number of likely N-dealkylation sites (tertiary alicyclic amines) is 1. The van der Waals surface area contributed by atoms with Crippen LogP contribution in [0.5, 0.6) is 11.5 Å². The molecule has 7 heteroatoms. The normalized spacial score (nSPS) is 19.3. The highest BCUT2D eigenvalue weighted by molar-refractivity contribution is 14.0. The van der Waals surface area contributed by atoms with E-state index in [2.05, 4.69) is 29.3 Å². The quantitative estimate of drug-likeness (QED) is 0.242. The summed E-state index contributed by atoms with van der Waals surface area (Å²) >= 11 is 0. The van der Waals surface area contributed by atoms with E-state index >= 15 is 0 Å². The van der Waals surface area contributed by atoms with Gasteiger partial charge in [0.05, 0.1) is 27.4 Å². The maximum Gasteiger partial charge on any atom is 0.194 e. The van der Waals surface area contributed by atoms with E-state index in [0.717, 1.165) is 56.0 Å². The van der Waals surface area contributed by atoms with Gasteiger partial charge in [0.1, 0.15) is 11.5 Å². The second-order valence-electron chi connectivity index (χ2n) is 7.33. The number of hydrogen-bond donors (Lipinski definition) is 1. The molecule has 1 unspecified atom stereocenters. The number of aliphatic imine (C=N–C) groups is 1. The Balaban J connectivity index is 0.00000280. The Morgan fingerprint density at radius 1 is 1.14 bits per heavy atom. The van der Waals surface area contributed by atoms with Gasteiger partial charge in [-0.2, -0.15) is 0 Å². The Morgan fingerprint density at radius 3 is 2.46 bits per heavy atom. The van der Waals surface area contributed by atoms with Crippen molar-refractivity contribution < 1.29 is 14.2 Å². The molecule has 158 valence electrons. The van der Waals surface area contributed by atoms with Crippen LogP contribution in [0.3, 0.4) is 0 Å². The topological polar surface area (TPSA) is 55.3 Å². The summed E-state index contributed by atoms with van der Waals surface area (Å²) in [5.41, 5.74) is 1.26. The van der Waals surface area contributed by atoms with Gasteiger partial charge in [0, 0.05) is 38.2 Å². The van der Waals surface area contributed by atoms with Crippen LogP contribution < -0.4 is 14.8 Å². The van der Waals surface area contributed by atoms with Crippen LogP contribution in [0.2, 0.25) is 0 Å². The molecular formula is C21H34IN3O3. The molecule has 1 aromatic carbocycles. The van der Waals surface area contributed by atoms with Gasteiger partial charge in [0.25, 0.3) is 0 Å². The molecule has 3 rings (SSSR count). The van der Waals surface area contributed by atoms with Crippen LogP contribution in [0, 0.1) is 5.92 Å². The molecule has 1 saturated heterocycles. The number of benzene rings is 1. The predicted molar refractivity (Wildman–Crippen MR) is 123 cm³/mol. The van der Waals surface area contributed by atoms with Crippen molar-refractivity contribution >= 4 is 29.9 Å². The molecule has 28 heavy (non-hydrogen) atoms. The molecule has 0 amide bonds. The molecule has 0 radical (unpaired) electrons. The SMILES string of the molecule is CCNC(=NCCOCC1CC1)N1CCC(c2cc(OC)cc(OC)c2)C1.I. The van der Waals surface area contributed by atoms with Gasteiger partial charge in [-0.1, -0.05) is 0 Å². The fraction of sp³-hybridized carbons (Fsp3) is 0.667. The van der Waals surface area contributed by atoms with Crippen molar-refractivity contribution in [1.82, 2.24) is 10.2 Å². The van der Waals surface area contributed by atoms with E-state index in [-0.39, 0.29) is 24.0 Å². The zero-order valence-corrected chi connectivity index (χ0v) is 19.6. The highest BCUT2D eigenvalue weighted by Gasteiger charge is 2.27. The minimum absolute atomic E-state index is 0. The number of nitrogens with zero attached hydrogens (tertiary/aromatic N) is 2. The molecule has 1 saturated carbocycles. The van der Waals surface area contributed by atoms with Crippen molar-refractivity contribution in [2.24, 2.45) is 10.9 Å². The number of hydrogen-bond acceptors (Lipinski definition) is 4. The fourth-order valence-corrected chi connectivity index (χ4v) is 3.47. The van der Waals surface area contributed by atoms with Gasteiger partial charge in [-0.15, -0.1) is 24.0 Å². The first-order valence-electron chi connectivity index (χ1n) is 10.1. The fourth-order valence-electron chi connectivity index (χ4n) is 3.47. The molecule has 1 aromatic rings. The number of methoxy groups -OCH3 is 2. The van der Waals surface area contributed by atoms with Gasteiger partial charge < -0.3 is 24.4 Å². The summed E-state index contributed by atoms with van der Waals surface area (Å²) in [6.45, 7) is 7.24. The average Bonchev–Trinajstić information content (AvgIpc) is 3.39. The van der Waals surface area contributed by atoms with Crippen LogP contribution in [0.25, 0.3) is 0 Å². The van der Waals surface area contributed by atoms with Crippen LogP contribution >= 0.6 is 24.0 Å². The average molecular weight is 503 g/mol. The highest BCUT2D eigenvalue weighted by Crippen LogP contribution is 2.33. The van der Waals surface area contributed by atoms with Gasteiger partial charge in [-0.25, -0.2) is 0 Å². The van der Waals surface area contributed by atoms with Crippen molar-refractivity contribution in [1.29, 1.82) is 0 Å². The number of guanidine groups is 1. The summed E-state index contributed by atoms with van der Waals surface area (Å²) in [6, 6.07) is 6.16. The molecule has 6 nitrogen and oxygen atoms in total. The van der Waals surface area contributed by atoms with Gasteiger partial charge in [-0.3, -0.25) is 4.99 Å². The maximum absolute atomic E-state index is 5.71. The van der Waals surface area contributed by atoms with Gasteiger partial charge in [0.2, 0.25) is 0 Å². The molecule has 1 aliphatic heterocycles. The molecule has 2 aliphatic rings. The first-order valence-corrected chi connectivity index (χ1v) is 10.1. The van der Waals surface area contributed by atoms with Crippen molar-refractivity contribution in [3.63, 3.8) is 0 Å². The van der Waals surface area contributed by atoms with Gasteiger partial charge in [-0.05, 0) is 49.8 Å². The third-order valence-corrected chi connectivity index (χ3v) is 5.22. The van der Waals surface area contributed by atoms with Crippen LogP contribution in [-0.2, 0) is 4.74 Å². The van der Waals surface area contributed by atoms with E-state index in [9.17, 15) is 0 Å². The largest absolute Gasteiger partial charge is 0.497 e. The van der Waals surface area contributed by atoms with E-state index in [0.29, 0.717) is 19.1 Å². The standard InChI is InChI=1S/C21H33N3O3.HI/c1-4-22-21(23-8-10-27-15-16-5-6-16)24-9-7-17(14-24)18-11-19(25-2)13-20(12-18)26-3;/h11-13,16-17H,4-10,14-15H2,1-3H3,(H,22,23);1H. The van der Waals surface area contributed by atoms with Crippen LogP contribution in [0.15, 0.2) is 23.2 Å². The zero-order chi connectivity index (χ0) is 19.1. The van der Waals surface area contributed by atoms with E-state index < -0.39 is 0 Å². The van der Waals surface area contributed by atoms with E-state index in [1.54, 1.807) is 14.2 Å². The molecule has 0 bridgehead atoms. The molecule has 1 atom stereocenters. The minimum Gasteiger partial charge on any atom is -0.497 e. The Morgan fingerprint density at radius 2 is 1.86 bits per heavy atom. The van der Waals surface area contributed by atoms with E-state index in [1.807, 2.05) is 6.07 Å². The summed E-state index contributed by atoms with van der Waals surface area (Å²) in [4.78, 5) is 7.11. The summed E-state index contributed by atoms with van der Waals surface area (Å²) in [6.07, 6.45) is 3.76. The van der Waals surface area contributed by atoms with Gasteiger partial charge >= 0.3 is 0 Å². The molecular weight excluding hydrogens is 469 g/mol. The first-order chi connectivity index (χ1) is 13.2. The molecule has 0 spiro atoms. The molecule has 1 aliphatic carbocycles. The van der Waals surface area contributed by atoms with Crippen molar-refractivity contribution in [3.8, 4) is 11.5 Å². The summed E-state index contributed by atoms with van der Waals surface area (Å²) in [7, 11) is 3.39. The van der Waals surface area contributed by atoms with Crippen LogP contribution in [-0.4, -0.2) is 64.5 Å². The Labute approximate surface area is 186 Å². The smallest absolute Gasteiger partial charge is 0.194 e. The number of ether oxygens (including phenoxy) is 3. The molecule has 0 aromatic heterocycles. The lowest BCUT2D eigenvalue weighted by Gasteiger charge is -2.22. The van der Waals surface area contributed by atoms with Crippen LogP contribution in [0.1, 0.15) is 37.7 Å². The highest BCUT2D eigenvalue weighted by atomic mass is 127. The summed E-state index contributed by atoms with van der Waals surface area (Å²) < 4.78 is 16.6. The predicted octanol–water partition coefficient (Wildman–Crippen LogP) is 3.50. The lowest BCUT2D eigenvalue weighted by Crippen LogP contribution is -2.40. The Hall–Kier alpha value is -1.22. The minimum atomic E-state index is 0. The third kappa shape index (κ3) is 6.69. The van der Waals surface area contributed by atoms with Crippen molar-refractivity contribution in [2.75, 3.05) is 53.6 Å². The molecule has 1 heterocycles. The zero-order valence-electron chi connectivity index (χ0n) is 17.3. The van der Waals surface area contributed by atoms with Crippen molar-refractivity contribution in [3.05, 3.63) is 23.8 Å². The monoisotopic (exact) mass is 503 g/mol. The third-order valence-electron chi connectivity index (χ3n) is 5.22. The Bertz CT molecular complexity index is 615. The first kappa shape index (κ1) is 23.1. The molecule has 1 N–H and O–H groups in total. The number of rotatable bonds is 9. The second kappa shape index (κ2) is 11.7. The lowest BCUT2D eigenvalue weighted by molar-refractivity contribution is 0.131. The summed E-state index contributed by atoms with van der Waals surface area (Å²) in [5.74, 6) is 3.93. The number of nitrogens with one attached hydrogen (secondary N) is 1. The number of halogens is 1. The lowest BCUT2D eigenvalue weighted by atomic mass is 9.98. The molecule has 2 fully saturated rings. The van der Waals surface area contributed by atoms with Crippen LogP contribution in [0.4, 0.5) is 0 Å². The maximum atomic E-state index is 5.71. The van der Waals surface area contributed by atoms with E-state index in [1.165, 1.54) is 18.4 Å². The Kier molecular flexibility index (Phi) is 9.64. The van der Waals surface area contributed by atoms with Crippen molar-refractivity contribution in [2.45, 2.75) is 32.1 Å². The summed E-state index contributed by atoms with van der Waals surface area (Å²) in [5, 5.41) is 3.42. The van der Waals surface area contributed by atoms with Gasteiger partial charge in [0.15, 0.2) is 5.96 Å². The second-order valence-corrected chi connectivity index (χ2v) is 7.33.